The standard InChI is InChI=1S/C10H8N4O/c11-10-13-8-7(9(15)14-10)5-3-1-2-4-6(5)12-8/h1-4,10H,11H2,(H,14,15). The van der Waals surface area contributed by atoms with Crippen LogP contribution in [-0.2, 0) is 4.79 Å². The van der Waals surface area contributed by atoms with Crippen molar-refractivity contribution in [3.05, 3.63) is 34.8 Å². The Morgan fingerprint density at radius 3 is 3.00 bits per heavy atom. The lowest BCUT2D eigenvalue weighted by molar-refractivity contribution is -0.116. The zero-order chi connectivity index (χ0) is 10.4. The molecule has 2 heterocycles. The van der Waals surface area contributed by atoms with Gasteiger partial charge < -0.3 is 5.32 Å². The van der Waals surface area contributed by atoms with Gasteiger partial charge in [-0.15, -0.1) is 0 Å². The van der Waals surface area contributed by atoms with Crippen LogP contribution in [-0.4, -0.2) is 18.0 Å². The number of aliphatic imine (C=N–C) groups is 1. The molecule has 1 aromatic rings. The molecule has 1 aromatic carbocycles. The number of amidine groups is 1. The van der Waals surface area contributed by atoms with Gasteiger partial charge in [0.1, 0.15) is 0 Å². The number of hydrogen-bond donors (Lipinski definition) is 2. The zero-order valence-corrected chi connectivity index (χ0v) is 7.77. The first-order valence-electron chi connectivity index (χ1n) is 4.58. The Morgan fingerprint density at radius 2 is 2.13 bits per heavy atom. The quantitative estimate of drug-likeness (QED) is 0.520. The van der Waals surface area contributed by atoms with Crippen molar-refractivity contribution in [1.82, 2.24) is 5.32 Å². The van der Waals surface area contributed by atoms with Gasteiger partial charge in [-0.3, -0.25) is 10.5 Å². The van der Waals surface area contributed by atoms with Crippen LogP contribution in [0.4, 0.5) is 0 Å². The van der Waals surface area contributed by atoms with E-state index < -0.39 is 6.29 Å². The molecular weight excluding hydrogens is 192 g/mol. The normalized spacial score (nSPS) is 22.5. The average molecular weight is 200 g/mol. The van der Waals surface area contributed by atoms with Crippen LogP contribution in [0.5, 0.6) is 0 Å². The predicted molar refractivity (Wildman–Crippen MR) is 54.2 cm³/mol. The first kappa shape index (κ1) is 8.31. The molecule has 5 nitrogen and oxygen atoms in total. The Hall–Kier alpha value is -2.01. The predicted octanol–water partition coefficient (Wildman–Crippen LogP) is -1.76. The number of amides is 1. The van der Waals surface area contributed by atoms with Gasteiger partial charge >= 0.3 is 0 Å². The van der Waals surface area contributed by atoms with Crippen molar-refractivity contribution in [2.24, 2.45) is 15.7 Å². The van der Waals surface area contributed by atoms with E-state index in [1.807, 2.05) is 24.3 Å². The highest BCUT2D eigenvalue weighted by molar-refractivity contribution is 6.43. The number of rotatable bonds is 0. The molecule has 3 rings (SSSR count). The number of para-hydroxylation sites is 1. The zero-order valence-electron chi connectivity index (χ0n) is 7.77. The van der Waals surface area contributed by atoms with E-state index in [-0.39, 0.29) is 5.91 Å². The summed E-state index contributed by atoms with van der Waals surface area (Å²) in [7, 11) is 0. The minimum Gasteiger partial charge on any atom is -0.318 e. The molecule has 3 N–H and O–H groups in total. The Labute approximate surface area is 85.0 Å². The first-order chi connectivity index (χ1) is 7.25. The van der Waals surface area contributed by atoms with Crippen LogP contribution in [0.1, 0.15) is 0 Å². The number of carbonyl (C=O) groups is 1. The Bertz CT molecular complexity index is 602. The molecule has 0 aromatic heterocycles. The number of nitrogens with zero attached hydrogens (tertiary/aromatic N) is 2. The number of nitrogens with one attached hydrogen (secondary N) is 1. The second-order valence-electron chi connectivity index (χ2n) is 3.37. The second kappa shape index (κ2) is 2.74. The molecule has 0 radical (unpaired) electrons. The van der Waals surface area contributed by atoms with E-state index in [0.29, 0.717) is 11.4 Å². The lowest BCUT2D eigenvalue weighted by Crippen LogP contribution is -2.46. The molecule has 5 heteroatoms. The minimum atomic E-state index is -0.686. The molecule has 15 heavy (non-hydrogen) atoms. The molecule has 0 saturated carbocycles. The molecule has 2 aliphatic rings. The van der Waals surface area contributed by atoms with E-state index in [4.69, 9.17) is 5.73 Å². The molecule has 0 spiro atoms. The molecule has 0 fully saturated rings. The second-order valence-corrected chi connectivity index (χ2v) is 3.37. The van der Waals surface area contributed by atoms with Crippen LogP contribution in [0.25, 0.3) is 5.57 Å². The summed E-state index contributed by atoms with van der Waals surface area (Å²) in [6, 6.07) is 7.44. The van der Waals surface area contributed by atoms with Gasteiger partial charge in [-0.25, -0.2) is 9.98 Å². The minimum absolute atomic E-state index is 0.207. The topological polar surface area (TPSA) is 79.8 Å². The molecule has 1 amide bonds. The maximum absolute atomic E-state index is 11.7. The van der Waals surface area contributed by atoms with Crippen LogP contribution >= 0.6 is 0 Å². The van der Waals surface area contributed by atoms with Gasteiger partial charge in [-0.2, -0.15) is 0 Å². The summed E-state index contributed by atoms with van der Waals surface area (Å²) in [6.45, 7) is 0. The highest BCUT2D eigenvalue weighted by Gasteiger charge is 2.27. The van der Waals surface area contributed by atoms with E-state index in [9.17, 15) is 4.79 Å². The van der Waals surface area contributed by atoms with Crippen molar-refractivity contribution < 1.29 is 4.79 Å². The van der Waals surface area contributed by atoms with E-state index in [0.717, 1.165) is 10.6 Å². The van der Waals surface area contributed by atoms with Crippen LogP contribution < -0.4 is 21.6 Å². The van der Waals surface area contributed by atoms with Gasteiger partial charge in [0, 0.05) is 5.22 Å². The van der Waals surface area contributed by atoms with Gasteiger partial charge in [0.05, 0.1) is 10.9 Å². The Kier molecular flexibility index (Phi) is 1.52. The number of benzene rings is 1. The molecule has 1 unspecified atom stereocenters. The fourth-order valence-electron chi connectivity index (χ4n) is 1.76. The van der Waals surface area contributed by atoms with Crippen LogP contribution in [0.3, 0.4) is 0 Å². The third-order valence-electron chi connectivity index (χ3n) is 2.39. The summed E-state index contributed by atoms with van der Waals surface area (Å²) in [5.74, 6) is 0.230. The molecule has 0 aliphatic carbocycles. The van der Waals surface area contributed by atoms with Gasteiger partial charge in [0.15, 0.2) is 12.1 Å². The van der Waals surface area contributed by atoms with Gasteiger partial charge in [0.25, 0.3) is 5.91 Å². The summed E-state index contributed by atoms with van der Waals surface area (Å²) < 4.78 is 0. The third-order valence-corrected chi connectivity index (χ3v) is 2.39. The van der Waals surface area contributed by atoms with Gasteiger partial charge in [-0.05, 0) is 6.07 Å². The van der Waals surface area contributed by atoms with Crippen molar-refractivity contribution in [2.75, 3.05) is 0 Å². The van der Waals surface area contributed by atoms with E-state index in [1.165, 1.54) is 0 Å². The monoisotopic (exact) mass is 200 g/mol. The maximum Gasteiger partial charge on any atom is 0.258 e. The fraction of sp³-hybridized carbons (Fsp3) is 0.100. The number of fused-ring (bicyclic) bond motifs is 2. The van der Waals surface area contributed by atoms with Gasteiger partial charge in [0.2, 0.25) is 0 Å². The maximum atomic E-state index is 11.7. The Balaban J connectivity index is 2.41. The number of nitrogens with two attached hydrogens (primary N) is 1. The van der Waals surface area contributed by atoms with Crippen molar-refractivity contribution in [1.29, 1.82) is 0 Å². The Morgan fingerprint density at radius 1 is 1.33 bits per heavy atom. The molecular formula is C10H8N4O. The average Bonchev–Trinajstić information content (AvgIpc) is 2.54. The van der Waals surface area contributed by atoms with Crippen LogP contribution in [0, 0.1) is 0 Å². The van der Waals surface area contributed by atoms with Crippen molar-refractivity contribution in [2.45, 2.75) is 6.29 Å². The lowest BCUT2D eigenvalue weighted by atomic mass is 10.1. The molecule has 74 valence electrons. The molecule has 0 saturated heterocycles. The smallest absolute Gasteiger partial charge is 0.258 e. The molecule has 2 aliphatic heterocycles. The summed E-state index contributed by atoms with van der Waals surface area (Å²) in [5, 5.41) is 4.14. The third kappa shape index (κ3) is 1.10. The lowest BCUT2D eigenvalue weighted by Gasteiger charge is -2.16. The van der Waals surface area contributed by atoms with E-state index in [2.05, 4.69) is 15.3 Å². The summed E-state index contributed by atoms with van der Waals surface area (Å²) >= 11 is 0. The van der Waals surface area contributed by atoms with E-state index in [1.54, 1.807) is 0 Å². The SMILES string of the molecule is NC1N=C2N=c3ccccc3=C2C(=O)N1. The van der Waals surface area contributed by atoms with Crippen molar-refractivity contribution in [3.63, 3.8) is 0 Å². The largest absolute Gasteiger partial charge is 0.318 e. The highest BCUT2D eigenvalue weighted by Crippen LogP contribution is 2.08. The van der Waals surface area contributed by atoms with Crippen molar-refractivity contribution in [3.8, 4) is 0 Å². The molecule has 1 atom stereocenters. The molecule has 0 bridgehead atoms. The summed E-state index contributed by atoms with van der Waals surface area (Å²) in [5.41, 5.74) is 6.04. The highest BCUT2D eigenvalue weighted by atomic mass is 16.2. The summed E-state index contributed by atoms with van der Waals surface area (Å²) in [6.07, 6.45) is -0.686. The van der Waals surface area contributed by atoms with Crippen molar-refractivity contribution >= 4 is 17.3 Å². The summed E-state index contributed by atoms with van der Waals surface area (Å²) in [4.78, 5) is 20.0. The van der Waals surface area contributed by atoms with Crippen LogP contribution in [0.2, 0.25) is 0 Å². The number of hydrogen-bond acceptors (Lipinski definition) is 4. The fourth-order valence-corrected chi connectivity index (χ4v) is 1.76. The first-order valence-corrected chi connectivity index (χ1v) is 4.58. The van der Waals surface area contributed by atoms with E-state index >= 15 is 0 Å². The number of carbonyl (C=O) groups excluding carboxylic acids is 1. The van der Waals surface area contributed by atoms with Gasteiger partial charge in [-0.1, -0.05) is 18.2 Å². The van der Waals surface area contributed by atoms with Crippen LogP contribution in [0.15, 0.2) is 34.3 Å².